The molecule has 0 amide bonds. The summed E-state index contributed by atoms with van der Waals surface area (Å²) in [4.78, 5) is 0. The minimum Gasteiger partial charge on any atom is -0.379 e. The fourth-order valence-corrected chi connectivity index (χ4v) is 1.57. The summed E-state index contributed by atoms with van der Waals surface area (Å²) in [7, 11) is 1.70. The van der Waals surface area contributed by atoms with Crippen molar-refractivity contribution in [2.75, 3.05) is 12.4 Å². The zero-order chi connectivity index (χ0) is 9.61. The van der Waals surface area contributed by atoms with E-state index in [1.807, 2.05) is 13.8 Å². The largest absolute Gasteiger partial charge is 0.379 e. The van der Waals surface area contributed by atoms with Gasteiger partial charge in [-0.25, -0.2) is 8.42 Å². The minimum atomic E-state index is -3.31. The quantitative estimate of drug-likeness (QED) is 0.500. The molecule has 0 bridgehead atoms. The Morgan fingerprint density at radius 2 is 1.92 bits per heavy atom. The Morgan fingerprint density at radius 3 is 2.33 bits per heavy atom. The van der Waals surface area contributed by atoms with Crippen molar-refractivity contribution in [2.45, 2.75) is 32.8 Å². The molecule has 74 valence electrons. The van der Waals surface area contributed by atoms with Crippen LogP contribution in [0.25, 0.3) is 0 Å². The third-order valence-electron chi connectivity index (χ3n) is 1.23. The lowest BCUT2D eigenvalue weighted by molar-refractivity contribution is 0.0768. The molecule has 0 aliphatic carbocycles. The molecule has 0 radical (unpaired) electrons. The highest BCUT2D eigenvalue weighted by atomic mass is 35.7. The van der Waals surface area contributed by atoms with Gasteiger partial charge in [-0.05, 0) is 26.7 Å². The number of ether oxygens (including phenoxy) is 1. The number of hydrogen-bond acceptors (Lipinski definition) is 3. The zero-order valence-electron chi connectivity index (χ0n) is 7.42. The summed E-state index contributed by atoms with van der Waals surface area (Å²) in [6, 6.07) is 0. The van der Waals surface area contributed by atoms with E-state index in [4.69, 9.17) is 15.4 Å². The van der Waals surface area contributed by atoms with Crippen molar-refractivity contribution < 1.29 is 13.2 Å². The van der Waals surface area contributed by atoms with Gasteiger partial charge in [-0.1, -0.05) is 0 Å². The molecule has 0 fully saturated rings. The Hall–Kier alpha value is 0.200. The van der Waals surface area contributed by atoms with Crippen molar-refractivity contribution in [1.82, 2.24) is 0 Å². The first kappa shape index (κ1) is 12.2. The standard InChI is InChI=1S/C7H15ClO3S/c1-7(2)11-5-3-4-6-12(8,9)10/h7H,3-6H2,1-2H3. The van der Waals surface area contributed by atoms with E-state index in [9.17, 15) is 8.42 Å². The number of halogens is 1. The summed E-state index contributed by atoms with van der Waals surface area (Å²) < 4.78 is 26.1. The normalized spacial score (nSPS) is 12.3. The molecular formula is C7H15ClO3S. The lowest BCUT2D eigenvalue weighted by atomic mass is 10.3. The third-order valence-corrected chi connectivity index (χ3v) is 2.47. The second-order valence-corrected chi connectivity index (χ2v) is 5.77. The molecule has 0 aromatic carbocycles. The SMILES string of the molecule is CC(C)OCCCCS(=O)(=O)Cl. The fraction of sp³-hybridized carbons (Fsp3) is 1.00. The van der Waals surface area contributed by atoms with Crippen LogP contribution >= 0.6 is 10.7 Å². The molecule has 0 unspecified atom stereocenters. The molecule has 0 atom stereocenters. The van der Waals surface area contributed by atoms with Crippen LogP contribution in [-0.4, -0.2) is 26.9 Å². The Bertz CT molecular complexity index is 199. The molecule has 0 N–H and O–H groups in total. The molecule has 3 nitrogen and oxygen atoms in total. The van der Waals surface area contributed by atoms with Crippen LogP contribution in [-0.2, 0) is 13.8 Å². The van der Waals surface area contributed by atoms with Gasteiger partial charge in [0.2, 0.25) is 9.05 Å². The van der Waals surface area contributed by atoms with E-state index in [0.29, 0.717) is 13.0 Å². The van der Waals surface area contributed by atoms with Crippen molar-refractivity contribution in [1.29, 1.82) is 0 Å². The predicted molar refractivity (Wildman–Crippen MR) is 50.0 cm³/mol. The van der Waals surface area contributed by atoms with Crippen LogP contribution in [0.1, 0.15) is 26.7 Å². The molecule has 0 aliphatic heterocycles. The van der Waals surface area contributed by atoms with Gasteiger partial charge < -0.3 is 4.74 Å². The fourth-order valence-electron chi connectivity index (χ4n) is 0.696. The minimum absolute atomic E-state index is 0.0377. The van der Waals surface area contributed by atoms with E-state index >= 15 is 0 Å². The van der Waals surface area contributed by atoms with Gasteiger partial charge in [-0.2, -0.15) is 0 Å². The number of unbranched alkanes of at least 4 members (excludes halogenated alkanes) is 1. The van der Waals surface area contributed by atoms with Crippen LogP contribution in [0.5, 0.6) is 0 Å². The smallest absolute Gasteiger partial charge is 0.232 e. The monoisotopic (exact) mass is 214 g/mol. The Kier molecular flexibility index (Phi) is 5.88. The Morgan fingerprint density at radius 1 is 1.33 bits per heavy atom. The lowest BCUT2D eigenvalue weighted by Crippen LogP contribution is -2.05. The molecule has 0 heterocycles. The van der Waals surface area contributed by atoms with E-state index in [0.717, 1.165) is 6.42 Å². The summed E-state index contributed by atoms with van der Waals surface area (Å²) in [5.74, 6) is 0.0377. The molecule has 0 spiro atoms. The van der Waals surface area contributed by atoms with Gasteiger partial charge in [0.25, 0.3) is 0 Å². The molecule has 0 aliphatic rings. The van der Waals surface area contributed by atoms with E-state index in [2.05, 4.69) is 0 Å². The first-order valence-electron chi connectivity index (χ1n) is 3.96. The van der Waals surface area contributed by atoms with E-state index in [1.54, 1.807) is 0 Å². The second kappa shape index (κ2) is 5.78. The maximum atomic E-state index is 10.5. The third kappa shape index (κ3) is 10.2. The van der Waals surface area contributed by atoms with Crippen LogP contribution in [0.3, 0.4) is 0 Å². The number of hydrogen-bond donors (Lipinski definition) is 0. The summed E-state index contributed by atoms with van der Waals surface area (Å²) in [6.45, 7) is 4.49. The van der Waals surface area contributed by atoms with Crippen molar-refractivity contribution in [2.24, 2.45) is 0 Å². The predicted octanol–water partition coefficient (Wildman–Crippen LogP) is 1.76. The maximum Gasteiger partial charge on any atom is 0.232 e. The molecule has 12 heavy (non-hydrogen) atoms. The molecule has 0 rings (SSSR count). The first-order chi connectivity index (χ1) is 5.42. The van der Waals surface area contributed by atoms with Crippen LogP contribution in [0, 0.1) is 0 Å². The molecule has 0 aromatic heterocycles. The topological polar surface area (TPSA) is 43.4 Å². The highest BCUT2D eigenvalue weighted by Crippen LogP contribution is 2.02. The van der Waals surface area contributed by atoms with Crippen LogP contribution in [0.2, 0.25) is 0 Å². The van der Waals surface area contributed by atoms with Crippen LogP contribution in [0.15, 0.2) is 0 Å². The second-order valence-electron chi connectivity index (χ2n) is 2.87. The first-order valence-corrected chi connectivity index (χ1v) is 6.43. The average molecular weight is 215 g/mol. The van der Waals surface area contributed by atoms with Crippen molar-refractivity contribution in [3.8, 4) is 0 Å². The lowest BCUT2D eigenvalue weighted by Gasteiger charge is -2.05. The highest BCUT2D eigenvalue weighted by molar-refractivity contribution is 8.13. The number of rotatable bonds is 6. The van der Waals surface area contributed by atoms with Gasteiger partial charge in [0, 0.05) is 17.3 Å². The van der Waals surface area contributed by atoms with Crippen molar-refractivity contribution in [3.63, 3.8) is 0 Å². The van der Waals surface area contributed by atoms with Gasteiger partial charge in [-0.3, -0.25) is 0 Å². The molecule has 0 saturated carbocycles. The zero-order valence-corrected chi connectivity index (χ0v) is 8.99. The summed E-state index contributed by atoms with van der Waals surface area (Å²) in [5, 5.41) is 0. The van der Waals surface area contributed by atoms with Gasteiger partial charge in [0.1, 0.15) is 0 Å². The molecular weight excluding hydrogens is 200 g/mol. The molecule has 0 aromatic rings. The summed E-state index contributed by atoms with van der Waals surface area (Å²) >= 11 is 0. The van der Waals surface area contributed by atoms with Gasteiger partial charge >= 0.3 is 0 Å². The average Bonchev–Trinajstić information content (AvgIpc) is 1.83. The van der Waals surface area contributed by atoms with Crippen molar-refractivity contribution in [3.05, 3.63) is 0 Å². The van der Waals surface area contributed by atoms with Crippen molar-refractivity contribution >= 4 is 19.7 Å². The van der Waals surface area contributed by atoms with Crippen LogP contribution in [0.4, 0.5) is 0 Å². The van der Waals surface area contributed by atoms with Gasteiger partial charge in [-0.15, -0.1) is 0 Å². The van der Waals surface area contributed by atoms with Crippen LogP contribution < -0.4 is 0 Å². The Labute approximate surface area is 78.5 Å². The summed E-state index contributed by atoms with van der Waals surface area (Å²) in [5.41, 5.74) is 0. The van der Waals surface area contributed by atoms with E-state index in [1.165, 1.54) is 0 Å². The van der Waals surface area contributed by atoms with E-state index < -0.39 is 9.05 Å². The molecule has 0 saturated heterocycles. The maximum absolute atomic E-state index is 10.5. The summed E-state index contributed by atoms with van der Waals surface area (Å²) in [6.07, 6.45) is 1.51. The van der Waals surface area contributed by atoms with E-state index in [-0.39, 0.29) is 11.9 Å². The highest BCUT2D eigenvalue weighted by Gasteiger charge is 2.03. The van der Waals surface area contributed by atoms with Gasteiger partial charge in [0.05, 0.1) is 11.9 Å². The molecule has 5 heteroatoms. The Balaban J connectivity index is 3.23. The van der Waals surface area contributed by atoms with Gasteiger partial charge in [0.15, 0.2) is 0 Å².